The van der Waals surface area contributed by atoms with E-state index in [0.29, 0.717) is 18.3 Å². The largest absolute Gasteiger partial charge is 0.334 e. The summed E-state index contributed by atoms with van der Waals surface area (Å²) in [6.45, 7) is 4.52. The molecule has 0 fully saturated rings. The van der Waals surface area contributed by atoms with Crippen LogP contribution in [0.4, 0.5) is 0 Å². The fourth-order valence-corrected chi connectivity index (χ4v) is 1.46. The first kappa shape index (κ1) is 10.8. The average molecular weight is 217 g/mol. The van der Waals surface area contributed by atoms with Gasteiger partial charge in [-0.2, -0.15) is 4.98 Å². The van der Waals surface area contributed by atoms with E-state index in [1.807, 2.05) is 38.1 Å². The molecule has 2 N–H and O–H groups in total. The van der Waals surface area contributed by atoms with E-state index in [0.717, 1.165) is 11.1 Å². The van der Waals surface area contributed by atoms with Crippen LogP contribution in [0.1, 0.15) is 24.2 Å². The summed E-state index contributed by atoms with van der Waals surface area (Å²) in [6.07, 6.45) is 0. The van der Waals surface area contributed by atoms with E-state index in [4.69, 9.17) is 10.3 Å². The van der Waals surface area contributed by atoms with Crippen molar-refractivity contribution in [2.75, 3.05) is 6.54 Å². The smallest absolute Gasteiger partial charge is 0.258 e. The molecule has 0 amide bonds. The van der Waals surface area contributed by atoms with Crippen LogP contribution in [0.5, 0.6) is 0 Å². The van der Waals surface area contributed by atoms with Crippen molar-refractivity contribution in [3.05, 3.63) is 35.7 Å². The average Bonchev–Trinajstić information content (AvgIpc) is 2.78. The highest BCUT2D eigenvalue weighted by Crippen LogP contribution is 2.22. The number of hydrogen-bond donors (Lipinski definition) is 1. The van der Waals surface area contributed by atoms with E-state index in [1.165, 1.54) is 0 Å². The third kappa shape index (κ3) is 1.97. The molecule has 0 saturated heterocycles. The number of nitrogens with zero attached hydrogens (tertiary/aromatic N) is 2. The van der Waals surface area contributed by atoms with Gasteiger partial charge in [0, 0.05) is 18.0 Å². The Balaban J connectivity index is 2.35. The third-order valence-corrected chi connectivity index (χ3v) is 2.61. The van der Waals surface area contributed by atoms with E-state index in [2.05, 4.69) is 10.1 Å². The second kappa shape index (κ2) is 4.45. The lowest BCUT2D eigenvalue weighted by Crippen LogP contribution is -2.10. The van der Waals surface area contributed by atoms with Gasteiger partial charge in [0.2, 0.25) is 0 Å². The molecule has 1 atom stereocenters. The fourth-order valence-electron chi connectivity index (χ4n) is 1.46. The molecule has 2 rings (SSSR count). The lowest BCUT2D eigenvalue weighted by Gasteiger charge is -2.00. The maximum absolute atomic E-state index is 5.56. The summed E-state index contributed by atoms with van der Waals surface area (Å²) in [5, 5.41) is 3.94. The number of nitrogens with two attached hydrogens (primary N) is 1. The van der Waals surface area contributed by atoms with Crippen LogP contribution >= 0.6 is 0 Å². The SMILES string of the molecule is Cc1ccccc1-c1nc(C(C)CN)no1. The van der Waals surface area contributed by atoms with Crippen molar-refractivity contribution in [3.8, 4) is 11.5 Å². The molecule has 1 aromatic carbocycles. The summed E-state index contributed by atoms with van der Waals surface area (Å²) in [5.41, 5.74) is 7.66. The van der Waals surface area contributed by atoms with E-state index < -0.39 is 0 Å². The third-order valence-electron chi connectivity index (χ3n) is 2.61. The molecule has 2 aromatic rings. The van der Waals surface area contributed by atoms with Crippen molar-refractivity contribution in [1.82, 2.24) is 10.1 Å². The van der Waals surface area contributed by atoms with Gasteiger partial charge < -0.3 is 10.3 Å². The topological polar surface area (TPSA) is 64.9 Å². The van der Waals surface area contributed by atoms with Crippen molar-refractivity contribution in [2.24, 2.45) is 5.73 Å². The zero-order valence-electron chi connectivity index (χ0n) is 9.47. The molecule has 0 aliphatic rings. The first-order valence-corrected chi connectivity index (χ1v) is 5.32. The number of benzene rings is 1. The molecule has 4 nitrogen and oxygen atoms in total. The number of hydrogen-bond acceptors (Lipinski definition) is 4. The van der Waals surface area contributed by atoms with E-state index in [-0.39, 0.29) is 5.92 Å². The predicted octanol–water partition coefficient (Wildman–Crippen LogP) is 2.11. The van der Waals surface area contributed by atoms with Crippen LogP contribution in [0.3, 0.4) is 0 Å². The Morgan fingerprint density at radius 2 is 2.12 bits per heavy atom. The standard InChI is InChI=1S/C12H15N3O/c1-8-5-3-4-6-10(8)12-14-11(15-16-12)9(2)7-13/h3-6,9H,7,13H2,1-2H3. The monoisotopic (exact) mass is 217 g/mol. The highest BCUT2D eigenvalue weighted by atomic mass is 16.5. The Kier molecular flexibility index (Phi) is 3.01. The van der Waals surface area contributed by atoms with Crippen LogP contribution in [0.25, 0.3) is 11.5 Å². The van der Waals surface area contributed by atoms with Gasteiger partial charge in [0.05, 0.1) is 0 Å². The highest BCUT2D eigenvalue weighted by molar-refractivity contribution is 5.57. The van der Waals surface area contributed by atoms with Gasteiger partial charge in [0.1, 0.15) is 0 Å². The minimum atomic E-state index is 0.126. The summed E-state index contributed by atoms with van der Waals surface area (Å²) in [7, 11) is 0. The van der Waals surface area contributed by atoms with Crippen molar-refractivity contribution in [2.45, 2.75) is 19.8 Å². The number of aryl methyl sites for hydroxylation is 1. The fraction of sp³-hybridized carbons (Fsp3) is 0.333. The molecule has 0 bridgehead atoms. The lowest BCUT2D eigenvalue weighted by atomic mass is 10.1. The van der Waals surface area contributed by atoms with Gasteiger partial charge in [0.25, 0.3) is 5.89 Å². The van der Waals surface area contributed by atoms with Gasteiger partial charge in [-0.25, -0.2) is 0 Å². The highest BCUT2D eigenvalue weighted by Gasteiger charge is 2.14. The summed E-state index contributed by atoms with van der Waals surface area (Å²) in [5.74, 6) is 1.36. The van der Waals surface area contributed by atoms with Crippen LogP contribution in [0.2, 0.25) is 0 Å². The zero-order chi connectivity index (χ0) is 11.5. The molecule has 0 aliphatic heterocycles. The van der Waals surface area contributed by atoms with Gasteiger partial charge in [-0.1, -0.05) is 30.3 Å². The second-order valence-corrected chi connectivity index (χ2v) is 3.91. The molecular weight excluding hydrogens is 202 g/mol. The summed E-state index contributed by atoms with van der Waals surface area (Å²) in [6, 6.07) is 7.93. The molecule has 0 aliphatic carbocycles. The molecule has 1 aromatic heterocycles. The maximum Gasteiger partial charge on any atom is 0.258 e. The predicted molar refractivity (Wildman–Crippen MR) is 61.9 cm³/mol. The quantitative estimate of drug-likeness (QED) is 0.855. The second-order valence-electron chi connectivity index (χ2n) is 3.91. The first-order valence-electron chi connectivity index (χ1n) is 5.32. The van der Waals surface area contributed by atoms with Crippen molar-refractivity contribution < 1.29 is 4.52 Å². The maximum atomic E-state index is 5.56. The summed E-state index contributed by atoms with van der Waals surface area (Å²) >= 11 is 0. The molecular formula is C12H15N3O. The molecule has 0 spiro atoms. The molecule has 0 saturated carbocycles. The molecule has 16 heavy (non-hydrogen) atoms. The molecule has 0 radical (unpaired) electrons. The Labute approximate surface area is 94.5 Å². The molecule has 1 unspecified atom stereocenters. The Hall–Kier alpha value is -1.68. The summed E-state index contributed by atoms with van der Waals surface area (Å²) in [4.78, 5) is 4.35. The van der Waals surface area contributed by atoms with Gasteiger partial charge in [-0.05, 0) is 18.6 Å². The normalized spacial score (nSPS) is 12.7. The van der Waals surface area contributed by atoms with Crippen LogP contribution < -0.4 is 5.73 Å². The van der Waals surface area contributed by atoms with Crippen LogP contribution in [-0.2, 0) is 0 Å². The van der Waals surface area contributed by atoms with E-state index >= 15 is 0 Å². The lowest BCUT2D eigenvalue weighted by molar-refractivity contribution is 0.417. The van der Waals surface area contributed by atoms with Gasteiger partial charge in [-0.3, -0.25) is 0 Å². The Bertz CT molecular complexity index is 479. The van der Waals surface area contributed by atoms with Crippen LogP contribution in [0.15, 0.2) is 28.8 Å². The minimum absolute atomic E-state index is 0.126. The first-order chi connectivity index (χ1) is 7.72. The van der Waals surface area contributed by atoms with E-state index in [9.17, 15) is 0 Å². The van der Waals surface area contributed by atoms with Gasteiger partial charge >= 0.3 is 0 Å². The van der Waals surface area contributed by atoms with Crippen LogP contribution in [0, 0.1) is 6.92 Å². The zero-order valence-corrected chi connectivity index (χ0v) is 9.47. The molecule has 4 heteroatoms. The summed E-state index contributed by atoms with van der Waals surface area (Å²) < 4.78 is 5.24. The van der Waals surface area contributed by atoms with Crippen LogP contribution in [-0.4, -0.2) is 16.7 Å². The van der Waals surface area contributed by atoms with Crippen molar-refractivity contribution in [3.63, 3.8) is 0 Å². The van der Waals surface area contributed by atoms with Crippen molar-refractivity contribution >= 4 is 0 Å². The minimum Gasteiger partial charge on any atom is -0.334 e. The number of rotatable bonds is 3. The van der Waals surface area contributed by atoms with E-state index in [1.54, 1.807) is 0 Å². The Morgan fingerprint density at radius 1 is 1.38 bits per heavy atom. The molecule has 84 valence electrons. The number of aromatic nitrogens is 2. The Morgan fingerprint density at radius 3 is 2.81 bits per heavy atom. The van der Waals surface area contributed by atoms with Crippen molar-refractivity contribution in [1.29, 1.82) is 0 Å². The van der Waals surface area contributed by atoms with Gasteiger partial charge in [-0.15, -0.1) is 0 Å². The molecule has 1 heterocycles. The van der Waals surface area contributed by atoms with Gasteiger partial charge in [0.15, 0.2) is 5.82 Å².